The molecule has 3 nitrogen and oxygen atoms in total. The van der Waals surface area contributed by atoms with Crippen molar-refractivity contribution in [2.24, 2.45) is 5.92 Å². The van der Waals surface area contributed by atoms with E-state index >= 15 is 0 Å². The van der Waals surface area contributed by atoms with Crippen LogP contribution in [0.2, 0.25) is 0 Å². The first-order chi connectivity index (χ1) is 10.0. The average molecular weight is 289 g/mol. The van der Waals surface area contributed by atoms with E-state index in [9.17, 15) is 5.11 Å². The quantitative estimate of drug-likeness (QED) is 0.560. The van der Waals surface area contributed by atoms with Crippen molar-refractivity contribution in [2.75, 3.05) is 26.3 Å². The van der Waals surface area contributed by atoms with Gasteiger partial charge in [0.15, 0.2) is 0 Å². The van der Waals surface area contributed by atoms with E-state index in [1.54, 1.807) is 0 Å². The van der Waals surface area contributed by atoms with Crippen molar-refractivity contribution >= 4 is 0 Å². The highest BCUT2D eigenvalue weighted by Crippen LogP contribution is 2.10. The van der Waals surface area contributed by atoms with Crippen LogP contribution in [-0.4, -0.2) is 42.4 Å². The smallest absolute Gasteiger partial charge is 0.107 e. The van der Waals surface area contributed by atoms with Crippen molar-refractivity contribution in [1.29, 1.82) is 0 Å². The van der Waals surface area contributed by atoms with E-state index in [0.29, 0.717) is 12.5 Å². The SMILES string of the molecule is C#CCOC[C@@H](O)CN(Cc1cccc(C)c1)CC(C)C. The summed E-state index contributed by atoms with van der Waals surface area (Å²) < 4.78 is 5.21. The number of hydrogen-bond donors (Lipinski definition) is 1. The minimum absolute atomic E-state index is 0.249. The van der Waals surface area contributed by atoms with Gasteiger partial charge >= 0.3 is 0 Å². The van der Waals surface area contributed by atoms with Gasteiger partial charge in [0.2, 0.25) is 0 Å². The van der Waals surface area contributed by atoms with E-state index in [2.05, 4.69) is 55.9 Å². The van der Waals surface area contributed by atoms with Crippen molar-refractivity contribution in [2.45, 2.75) is 33.4 Å². The molecule has 0 unspecified atom stereocenters. The Hall–Kier alpha value is -1.34. The summed E-state index contributed by atoms with van der Waals surface area (Å²) >= 11 is 0. The van der Waals surface area contributed by atoms with E-state index in [0.717, 1.165) is 13.1 Å². The summed E-state index contributed by atoms with van der Waals surface area (Å²) in [7, 11) is 0. The zero-order valence-corrected chi connectivity index (χ0v) is 13.4. The molecule has 0 radical (unpaired) electrons. The molecule has 116 valence electrons. The summed E-state index contributed by atoms with van der Waals surface area (Å²) in [6.07, 6.45) is 4.62. The zero-order chi connectivity index (χ0) is 15.7. The fraction of sp³-hybridized carbons (Fsp3) is 0.556. The van der Waals surface area contributed by atoms with Gasteiger partial charge in [-0.3, -0.25) is 4.90 Å². The van der Waals surface area contributed by atoms with Crippen LogP contribution in [0.4, 0.5) is 0 Å². The molecular weight excluding hydrogens is 262 g/mol. The second kappa shape index (κ2) is 9.57. The highest BCUT2D eigenvalue weighted by Gasteiger charge is 2.14. The number of nitrogens with zero attached hydrogens (tertiary/aromatic N) is 1. The summed E-state index contributed by atoms with van der Waals surface area (Å²) in [5, 5.41) is 10.1. The van der Waals surface area contributed by atoms with Crippen LogP contribution in [-0.2, 0) is 11.3 Å². The molecule has 0 bridgehead atoms. The summed E-state index contributed by atoms with van der Waals surface area (Å²) in [6.45, 7) is 9.38. The fourth-order valence-electron chi connectivity index (χ4n) is 2.39. The Labute approximate surface area is 128 Å². The molecule has 1 aromatic rings. The molecule has 0 amide bonds. The number of terminal acetylenes is 1. The first-order valence-corrected chi connectivity index (χ1v) is 7.48. The molecule has 0 aliphatic carbocycles. The van der Waals surface area contributed by atoms with Crippen LogP contribution in [0.3, 0.4) is 0 Å². The average Bonchev–Trinajstić information content (AvgIpc) is 2.38. The maximum atomic E-state index is 10.1. The van der Waals surface area contributed by atoms with Crippen molar-refractivity contribution in [3.8, 4) is 12.3 Å². The number of benzene rings is 1. The third kappa shape index (κ3) is 7.87. The normalized spacial score (nSPS) is 12.6. The van der Waals surface area contributed by atoms with Crippen LogP contribution < -0.4 is 0 Å². The molecular formula is C18H27NO2. The van der Waals surface area contributed by atoms with Gasteiger partial charge in [-0.25, -0.2) is 0 Å². The number of rotatable bonds is 9. The number of aliphatic hydroxyl groups is 1. The molecule has 0 aliphatic rings. The largest absolute Gasteiger partial charge is 0.389 e. The molecule has 1 atom stereocenters. The van der Waals surface area contributed by atoms with E-state index in [1.807, 2.05) is 0 Å². The summed E-state index contributed by atoms with van der Waals surface area (Å²) in [4.78, 5) is 2.27. The van der Waals surface area contributed by atoms with Gasteiger partial charge in [-0.1, -0.05) is 49.6 Å². The van der Waals surface area contributed by atoms with Crippen LogP contribution in [0, 0.1) is 25.2 Å². The molecule has 0 heterocycles. The summed E-state index contributed by atoms with van der Waals surface area (Å²) in [6, 6.07) is 8.49. The Morgan fingerprint density at radius 2 is 2.10 bits per heavy atom. The Morgan fingerprint density at radius 1 is 1.33 bits per heavy atom. The van der Waals surface area contributed by atoms with E-state index in [1.165, 1.54) is 11.1 Å². The van der Waals surface area contributed by atoms with Gasteiger partial charge in [-0.15, -0.1) is 6.42 Å². The highest BCUT2D eigenvalue weighted by molar-refractivity contribution is 5.22. The molecule has 0 fully saturated rings. The number of aliphatic hydroxyl groups excluding tert-OH is 1. The minimum atomic E-state index is -0.512. The van der Waals surface area contributed by atoms with Gasteiger partial charge in [0, 0.05) is 19.6 Å². The molecule has 0 saturated heterocycles. The molecule has 0 spiro atoms. The van der Waals surface area contributed by atoms with Gasteiger partial charge < -0.3 is 9.84 Å². The first kappa shape index (κ1) is 17.7. The predicted octanol–water partition coefficient (Wildman–Crippen LogP) is 2.46. The number of ether oxygens (including phenoxy) is 1. The lowest BCUT2D eigenvalue weighted by atomic mass is 10.1. The Balaban J connectivity index is 2.57. The topological polar surface area (TPSA) is 32.7 Å². The van der Waals surface area contributed by atoms with Crippen molar-refractivity contribution in [3.05, 3.63) is 35.4 Å². The van der Waals surface area contributed by atoms with Crippen LogP contribution in [0.15, 0.2) is 24.3 Å². The molecule has 3 heteroatoms. The van der Waals surface area contributed by atoms with Gasteiger partial charge in [0.1, 0.15) is 6.61 Å². The van der Waals surface area contributed by atoms with Crippen molar-refractivity contribution in [3.63, 3.8) is 0 Å². The second-order valence-corrected chi connectivity index (χ2v) is 5.95. The van der Waals surface area contributed by atoms with Gasteiger partial charge in [-0.2, -0.15) is 0 Å². The number of hydrogen-bond acceptors (Lipinski definition) is 3. The van der Waals surface area contributed by atoms with Crippen molar-refractivity contribution < 1.29 is 9.84 Å². The monoisotopic (exact) mass is 289 g/mol. The van der Waals surface area contributed by atoms with Crippen LogP contribution >= 0.6 is 0 Å². The molecule has 1 aromatic carbocycles. The fourth-order valence-corrected chi connectivity index (χ4v) is 2.39. The summed E-state index contributed by atoms with van der Waals surface area (Å²) in [5.74, 6) is 2.96. The Morgan fingerprint density at radius 3 is 2.71 bits per heavy atom. The standard InChI is InChI=1S/C18H27NO2/c1-5-9-21-14-18(20)13-19(11-15(2)3)12-17-8-6-7-16(4)10-17/h1,6-8,10,15,18,20H,9,11-14H2,2-4H3/t18-/m0/s1. The Bertz CT molecular complexity index is 451. The van der Waals surface area contributed by atoms with Crippen molar-refractivity contribution in [1.82, 2.24) is 4.90 Å². The lowest BCUT2D eigenvalue weighted by Gasteiger charge is -2.26. The van der Waals surface area contributed by atoms with E-state index < -0.39 is 6.10 Å². The maximum Gasteiger partial charge on any atom is 0.107 e. The van der Waals surface area contributed by atoms with Crippen LogP contribution in [0.5, 0.6) is 0 Å². The molecule has 0 aromatic heterocycles. The first-order valence-electron chi connectivity index (χ1n) is 7.48. The predicted molar refractivity (Wildman–Crippen MR) is 87.0 cm³/mol. The molecule has 21 heavy (non-hydrogen) atoms. The third-order valence-electron chi connectivity index (χ3n) is 3.08. The zero-order valence-electron chi connectivity index (χ0n) is 13.4. The van der Waals surface area contributed by atoms with E-state index in [-0.39, 0.29) is 13.2 Å². The van der Waals surface area contributed by atoms with Gasteiger partial charge in [0.05, 0.1) is 12.7 Å². The molecule has 0 saturated carbocycles. The Kier molecular flexibility index (Phi) is 8.07. The molecule has 1 N–H and O–H groups in total. The minimum Gasteiger partial charge on any atom is -0.389 e. The third-order valence-corrected chi connectivity index (χ3v) is 3.08. The second-order valence-electron chi connectivity index (χ2n) is 5.95. The summed E-state index contributed by atoms with van der Waals surface area (Å²) in [5.41, 5.74) is 2.53. The lowest BCUT2D eigenvalue weighted by Crippen LogP contribution is -2.36. The molecule has 1 rings (SSSR count). The number of aryl methyl sites for hydroxylation is 1. The van der Waals surface area contributed by atoms with E-state index in [4.69, 9.17) is 11.2 Å². The van der Waals surface area contributed by atoms with Crippen LogP contribution in [0.1, 0.15) is 25.0 Å². The van der Waals surface area contributed by atoms with Gasteiger partial charge in [-0.05, 0) is 18.4 Å². The lowest BCUT2D eigenvalue weighted by molar-refractivity contribution is 0.0238. The van der Waals surface area contributed by atoms with Gasteiger partial charge in [0.25, 0.3) is 0 Å². The molecule has 0 aliphatic heterocycles. The maximum absolute atomic E-state index is 10.1. The van der Waals surface area contributed by atoms with Crippen LogP contribution in [0.25, 0.3) is 0 Å². The highest BCUT2D eigenvalue weighted by atomic mass is 16.5.